The number of aromatic hydroxyl groups is 1. The first kappa shape index (κ1) is 40.7. The maximum atomic E-state index is 10.3. The van der Waals surface area contributed by atoms with Crippen LogP contribution in [0, 0.1) is 26.7 Å². The Kier molecular flexibility index (Phi) is 10.9. The average Bonchev–Trinajstić information content (AvgIpc) is 4.04. The minimum Gasteiger partial charge on any atom is -0.508 e. The van der Waals surface area contributed by atoms with Crippen molar-refractivity contribution >= 4 is 28.4 Å². The molecule has 0 radical (unpaired) electrons. The van der Waals surface area contributed by atoms with Crippen LogP contribution in [0.2, 0.25) is 0 Å². The zero-order valence-electron chi connectivity index (χ0n) is 37.0. The molecule has 10 nitrogen and oxygen atoms in total. The molecule has 3 atom stereocenters. The smallest absolute Gasteiger partial charge is 0.196 e. The van der Waals surface area contributed by atoms with Gasteiger partial charge in [0, 0.05) is 79.1 Å². The van der Waals surface area contributed by atoms with Gasteiger partial charge in [-0.05, 0) is 123 Å². The van der Waals surface area contributed by atoms with Crippen molar-refractivity contribution in [1.29, 1.82) is 0 Å². The molecule has 64 heavy (non-hydrogen) atoms. The first-order valence-corrected chi connectivity index (χ1v) is 23.9. The SMILES string of the molecule is Cc1sc2c(c1C)C(c1ccc(N3CCN(CC4CCN(c5ccc([C@@H]6c7ccc(O)cc7CC[C@@H]6c6ccccc6)cc5)CC4)CC3)cc1)=N[C@H](Cc1ncco1)c1nnc(C)n1-2. The lowest BCUT2D eigenvalue weighted by atomic mass is 9.69. The molecule has 11 rings (SSSR count). The summed E-state index contributed by atoms with van der Waals surface area (Å²) in [6, 6.07) is 35.2. The monoisotopic (exact) mass is 868 g/mol. The Morgan fingerprint density at radius 2 is 1.50 bits per heavy atom. The number of phenolic OH excluding ortho intramolecular Hbond substituents is 1. The zero-order chi connectivity index (χ0) is 43.3. The van der Waals surface area contributed by atoms with Crippen molar-refractivity contribution in [3.05, 3.63) is 171 Å². The van der Waals surface area contributed by atoms with Gasteiger partial charge in [-0.2, -0.15) is 0 Å². The van der Waals surface area contributed by atoms with Gasteiger partial charge in [-0.15, -0.1) is 21.5 Å². The Morgan fingerprint density at radius 3 is 2.23 bits per heavy atom. The summed E-state index contributed by atoms with van der Waals surface area (Å²) in [6.07, 6.45) is 8.34. The van der Waals surface area contributed by atoms with Crippen molar-refractivity contribution in [1.82, 2.24) is 24.6 Å². The highest BCUT2D eigenvalue weighted by atomic mass is 32.1. The van der Waals surface area contributed by atoms with Crippen molar-refractivity contribution in [3.63, 3.8) is 0 Å². The maximum absolute atomic E-state index is 10.3. The number of rotatable bonds is 9. The van der Waals surface area contributed by atoms with Crippen LogP contribution in [0.15, 0.2) is 119 Å². The van der Waals surface area contributed by atoms with E-state index in [1.54, 1.807) is 23.8 Å². The van der Waals surface area contributed by atoms with E-state index in [9.17, 15) is 5.11 Å². The summed E-state index contributed by atoms with van der Waals surface area (Å²) in [5.41, 5.74) is 12.5. The van der Waals surface area contributed by atoms with Crippen molar-refractivity contribution in [2.75, 3.05) is 55.6 Å². The number of anilines is 2. The van der Waals surface area contributed by atoms with E-state index in [0.29, 0.717) is 24.0 Å². The standard InChI is InChI=1S/C53H56N8O2S/c1-34-35(2)64-53-49(34)51(55-47(32-48-54-23-30-63-48)52-57-56-36(3)61(52)53)40-11-16-43(17-12-40)60-28-26-58(27-29-60)33-37-21-24-59(25-22-37)42-14-9-39(10-15-42)50-45(38-7-5-4-6-8-38)19-13-41-31-44(62)18-20-46(41)50/h4-12,14-18,20,23,30-31,37,45,47,50,62H,13,19,21-22,24-29,32-33H2,1-3H3/t45-,47-,50+/m1/s1. The normalized spacial score (nSPS) is 20.4. The van der Waals surface area contributed by atoms with Crippen LogP contribution in [0.25, 0.3) is 5.00 Å². The Labute approximate surface area is 379 Å². The van der Waals surface area contributed by atoms with Crippen LogP contribution in [0.5, 0.6) is 5.75 Å². The number of piperidine rings is 1. The van der Waals surface area contributed by atoms with Crippen molar-refractivity contribution in [2.24, 2.45) is 10.9 Å². The summed E-state index contributed by atoms with van der Waals surface area (Å²) in [6.45, 7) is 14.0. The molecule has 2 fully saturated rings. The third-order valence-corrected chi connectivity index (χ3v) is 15.7. The van der Waals surface area contributed by atoms with E-state index in [4.69, 9.17) is 9.41 Å². The summed E-state index contributed by atoms with van der Waals surface area (Å²) in [7, 11) is 0. The lowest BCUT2D eigenvalue weighted by Gasteiger charge is -2.40. The molecule has 1 aliphatic carbocycles. The first-order valence-electron chi connectivity index (χ1n) is 23.1. The van der Waals surface area contributed by atoms with Gasteiger partial charge in [0.1, 0.15) is 28.9 Å². The van der Waals surface area contributed by atoms with Crippen molar-refractivity contribution in [2.45, 2.75) is 70.8 Å². The van der Waals surface area contributed by atoms with E-state index in [1.807, 2.05) is 19.1 Å². The number of fused-ring (bicyclic) bond motifs is 4. The predicted octanol–water partition coefficient (Wildman–Crippen LogP) is 9.98. The van der Waals surface area contributed by atoms with E-state index in [0.717, 1.165) is 91.5 Å². The molecule has 3 aromatic heterocycles. The minimum absolute atomic E-state index is 0.274. The number of thiophene rings is 1. The number of nitrogens with zero attached hydrogens (tertiary/aromatic N) is 8. The lowest BCUT2D eigenvalue weighted by Crippen LogP contribution is -2.49. The number of oxazole rings is 1. The number of aryl methyl sites for hydroxylation is 3. The molecule has 3 aliphatic heterocycles. The molecule has 11 heteroatoms. The van der Waals surface area contributed by atoms with Crippen LogP contribution in [-0.4, -0.2) is 81.3 Å². The van der Waals surface area contributed by atoms with E-state index in [1.165, 1.54) is 63.5 Å². The topological polar surface area (TPSA) is 99.1 Å². The third kappa shape index (κ3) is 7.72. The molecule has 0 amide bonds. The molecule has 4 aliphatic rings. The first-order chi connectivity index (χ1) is 31.3. The van der Waals surface area contributed by atoms with Gasteiger partial charge in [0.05, 0.1) is 18.3 Å². The van der Waals surface area contributed by atoms with Gasteiger partial charge in [-0.3, -0.25) is 14.5 Å². The summed E-state index contributed by atoms with van der Waals surface area (Å²) in [5.74, 6) is 4.10. The summed E-state index contributed by atoms with van der Waals surface area (Å²) >= 11 is 1.78. The van der Waals surface area contributed by atoms with Crippen molar-refractivity contribution < 1.29 is 9.52 Å². The summed E-state index contributed by atoms with van der Waals surface area (Å²) in [5, 5.41) is 20.5. The molecule has 0 spiro atoms. The number of benzene rings is 4. The third-order valence-electron chi connectivity index (χ3n) is 14.5. The van der Waals surface area contributed by atoms with Gasteiger partial charge in [0.25, 0.3) is 0 Å². The molecule has 0 bridgehead atoms. The van der Waals surface area contributed by atoms with Gasteiger partial charge in [0.2, 0.25) is 0 Å². The Hall–Kier alpha value is -6.04. The average molecular weight is 869 g/mol. The van der Waals surface area contributed by atoms with Crippen LogP contribution in [0.4, 0.5) is 11.4 Å². The predicted molar refractivity (Wildman–Crippen MR) is 256 cm³/mol. The number of piperazine rings is 1. The fourth-order valence-corrected chi connectivity index (χ4v) is 12.2. The molecule has 6 heterocycles. The van der Waals surface area contributed by atoms with Gasteiger partial charge in [-0.1, -0.05) is 60.7 Å². The van der Waals surface area contributed by atoms with Gasteiger partial charge in [-0.25, -0.2) is 4.98 Å². The van der Waals surface area contributed by atoms with Crippen LogP contribution in [0.3, 0.4) is 0 Å². The summed E-state index contributed by atoms with van der Waals surface area (Å²) < 4.78 is 7.87. The number of phenols is 1. The molecule has 326 valence electrons. The number of hydrogen-bond donors (Lipinski definition) is 1. The highest BCUT2D eigenvalue weighted by Gasteiger charge is 2.34. The molecule has 1 N–H and O–H groups in total. The highest BCUT2D eigenvalue weighted by Crippen LogP contribution is 2.47. The highest BCUT2D eigenvalue weighted by molar-refractivity contribution is 7.15. The van der Waals surface area contributed by atoms with E-state index in [2.05, 4.69) is 133 Å². The minimum atomic E-state index is -0.280. The largest absolute Gasteiger partial charge is 0.508 e. The van der Waals surface area contributed by atoms with Crippen LogP contribution >= 0.6 is 11.3 Å². The lowest BCUT2D eigenvalue weighted by molar-refractivity contribution is 0.201. The molecule has 0 unspecified atom stereocenters. The van der Waals surface area contributed by atoms with Crippen LogP contribution in [-0.2, 0) is 12.8 Å². The van der Waals surface area contributed by atoms with E-state index < -0.39 is 0 Å². The van der Waals surface area contributed by atoms with Gasteiger partial charge < -0.3 is 19.3 Å². The quantitative estimate of drug-likeness (QED) is 0.153. The van der Waals surface area contributed by atoms with Crippen molar-refractivity contribution in [3.8, 4) is 10.8 Å². The second kappa shape index (κ2) is 17.2. The maximum Gasteiger partial charge on any atom is 0.196 e. The van der Waals surface area contributed by atoms with Gasteiger partial charge in [0.15, 0.2) is 11.7 Å². The number of hydrogen-bond acceptors (Lipinski definition) is 10. The van der Waals surface area contributed by atoms with E-state index in [-0.39, 0.29) is 12.0 Å². The van der Waals surface area contributed by atoms with Crippen LogP contribution < -0.4 is 9.80 Å². The number of aliphatic imine (C=N–C) groups is 1. The molecule has 2 saturated heterocycles. The Morgan fingerprint density at radius 1 is 0.766 bits per heavy atom. The Bertz CT molecular complexity index is 2760. The molecular weight excluding hydrogens is 813 g/mol. The molecule has 4 aromatic carbocycles. The second-order valence-corrected chi connectivity index (χ2v) is 19.5. The zero-order valence-corrected chi connectivity index (χ0v) is 37.8. The Balaban J connectivity index is 0.717. The van der Waals surface area contributed by atoms with E-state index >= 15 is 0 Å². The fourth-order valence-electron chi connectivity index (χ4n) is 11.0. The molecule has 0 saturated carbocycles. The fraction of sp³-hybridized carbons (Fsp3) is 0.358. The molecular formula is C53H56N8O2S. The molecule has 7 aromatic rings. The van der Waals surface area contributed by atoms with Crippen LogP contribution in [0.1, 0.15) is 98.5 Å². The second-order valence-electron chi connectivity index (χ2n) is 18.3. The summed E-state index contributed by atoms with van der Waals surface area (Å²) in [4.78, 5) is 19.0. The number of aromatic nitrogens is 4. The van der Waals surface area contributed by atoms with Gasteiger partial charge >= 0.3 is 0 Å².